The molecule has 0 radical (unpaired) electrons. The number of rotatable bonds is 7. The smallest absolute Gasteiger partial charge is 0.0914 e. The first-order valence-corrected chi connectivity index (χ1v) is 9.53. The number of benzene rings is 1. The third kappa shape index (κ3) is 4.02. The van der Waals surface area contributed by atoms with Crippen molar-refractivity contribution in [1.82, 2.24) is 5.32 Å². The molecule has 0 spiro atoms. The van der Waals surface area contributed by atoms with Crippen LogP contribution in [0, 0.1) is 0 Å². The van der Waals surface area contributed by atoms with Crippen LogP contribution in [0.5, 0.6) is 0 Å². The van der Waals surface area contributed by atoms with Gasteiger partial charge in [0.2, 0.25) is 0 Å². The van der Waals surface area contributed by atoms with Crippen molar-refractivity contribution in [2.45, 2.75) is 42.7 Å². The molecule has 3 unspecified atom stereocenters. The minimum Gasteiger partial charge on any atom is -0.309 e. The lowest BCUT2D eigenvalue weighted by atomic mass is 10.0. The lowest BCUT2D eigenvalue weighted by Gasteiger charge is -2.24. The van der Waals surface area contributed by atoms with Crippen LogP contribution in [-0.2, 0) is 17.2 Å². The average Bonchev–Trinajstić information content (AvgIpc) is 3.06. The number of hydrogen-bond acceptors (Lipinski definition) is 3. The highest BCUT2D eigenvalue weighted by Gasteiger charge is 2.25. The van der Waals surface area contributed by atoms with Gasteiger partial charge in [-0.05, 0) is 42.5 Å². The van der Waals surface area contributed by atoms with Gasteiger partial charge in [-0.1, -0.05) is 44.2 Å². The summed E-state index contributed by atoms with van der Waals surface area (Å²) in [6, 6.07) is 12.7. The van der Waals surface area contributed by atoms with E-state index in [2.05, 4.69) is 50.4 Å². The van der Waals surface area contributed by atoms with Crippen LogP contribution >= 0.6 is 11.3 Å². The molecule has 2 rings (SSSR count). The second-order valence-corrected chi connectivity index (χ2v) is 8.05. The van der Waals surface area contributed by atoms with Gasteiger partial charge in [-0.3, -0.25) is 4.21 Å². The highest BCUT2D eigenvalue weighted by Crippen LogP contribution is 2.26. The summed E-state index contributed by atoms with van der Waals surface area (Å²) in [4.78, 5) is 0. The van der Waals surface area contributed by atoms with Gasteiger partial charge in [0.1, 0.15) is 0 Å². The zero-order valence-electron chi connectivity index (χ0n) is 12.8. The lowest BCUT2D eigenvalue weighted by Crippen LogP contribution is -2.32. The van der Waals surface area contributed by atoms with Gasteiger partial charge in [-0.2, -0.15) is 0 Å². The largest absolute Gasteiger partial charge is 0.309 e. The fraction of sp³-hybridized carbons (Fsp3) is 0.412. The molecule has 114 valence electrons. The predicted molar refractivity (Wildman–Crippen MR) is 92.4 cm³/mol. The van der Waals surface area contributed by atoms with Crippen molar-refractivity contribution in [2.75, 3.05) is 6.54 Å². The molecule has 1 heterocycles. The summed E-state index contributed by atoms with van der Waals surface area (Å²) in [5, 5.41) is 5.51. The van der Waals surface area contributed by atoms with E-state index in [9.17, 15) is 4.21 Å². The topological polar surface area (TPSA) is 29.1 Å². The summed E-state index contributed by atoms with van der Waals surface area (Å²) in [5.74, 6) is 0. The lowest BCUT2D eigenvalue weighted by molar-refractivity contribution is 0.536. The van der Waals surface area contributed by atoms with E-state index in [4.69, 9.17) is 0 Å². The van der Waals surface area contributed by atoms with Gasteiger partial charge in [0.15, 0.2) is 0 Å². The van der Waals surface area contributed by atoms with E-state index in [1.54, 1.807) is 11.3 Å². The van der Waals surface area contributed by atoms with Gasteiger partial charge in [-0.15, -0.1) is 11.3 Å². The summed E-state index contributed by atoms with van der Waals surface area (Å²) in [6.45, 7) is 7.18. The minimum absolute atomic E-state index is 0.0380. The van der Waals surface area contributed by atoms with E-state index in [1.165, 1.54) is 11.1 Å². The Morgan fingerprint density at radius 1 is 1.19 bits per heavy atom. The molecule has 0 fully saturated rings. The molecule has 0 saturated carbocycles. The zero-order chi connectivity index (χ0) is 15.2. The summed E-state index contributed by atoms with van der Waals surface area (Å²) < 4.78 is 13.7. The van der Waals surface area contributed by atoms with E-state index < -0.39 is 10.8 Å². The number of nitrogens with one attached hydrogen (secondary N) is 1. The summed E-state index contributed by atoms with van der Waals surface area (Å²) in [5.41, 5.74) is 2.55. The van der Waals surface area contributed by atoms with Crippen molar-refractivity contribution in [1.29, 1.82) is 0 Å². The Bertz CT molecular complexity index is 563. The van der Waals surface area contributed by atoms with E-state index in [0.717, 1.165) is 17.2 Å². The molecule has 0 amide bonds. The maximum atomic E-state index is 12.7. The van der Waals surface area contributed by atoms with Crippen molar-refractivity contribution in [3.8, 4) is 0 Å². The van der Waals surface area contributed by atoms with Gasteiger partial charge in [0, 0.05) is 6.04 Å². The second-order valence-electron chi connectivity index (χ2n) is 5.07. The van der Waals surface area contributed by atoms with Crippen LogP contribution in [0.3, 0.4) is 0 Å². The monoisotopic (exact) mass is 321 g/mol. The Morgan fingerprint density at radius 2 is 1.90 bits per heavy atom. The molecule has 3 atom stereocenters. The van der Waals surface area contributed by atoms with E-state index >= 15 is 0 Å². The molecule has 2 nitrogen and oxygen atoms in total. The molecule has 0 aliphatic rings. The molecule has 21 heavy (non-hydrogen) atoms. The molecule has 2 aromatic rings. The summed E-state index contributed by atoms with van der Waals surface area (Å²) in [7, 11) is -0.980. The van der Waals surface area contributed by atoms with Crippen molar-refractivity contribution in [2.24, 2.45) is 0 Å². The average molecular weight is 322 g/mol. The Hall–Kier alpha value is -0.970. The molecule has 0 aliphatic heterocycles. The maximum absolute atomic E-state index is 12.7. The van der Waals surface area contributed by atoms with Crippen LogP contribution in [0.15, 0.2) is 46.0 Å². The predicted octanol–water partition coefficient (Wildman–Crippen LogP) is 4.16. The third-order valence-corrected chi connectivity index (χ3v) is 6.59. The molecule has 1 N–H and O–H groups in total. The fourth-order valence-corrected chi connectivity index (χ4v) is 4.95. The Kier molecular flexibility index (Phi) is 6.15. The summed E-state index contributed by atoms with van der Waals surface area (Å²) >= 11 is 1.57. The fourth-order valence-electron chi connectivity index (χ4n) is 2.42. The SMILES string of the molecule is CCNC(c1ccc(CC)cc1)C(C)S(=O)c1cccs1. The van der Waals surface area contributed by atoms with Gasteiger partial charge in [0.05, 0.1) is 20.3 Å². The van der Waals surface area contributed by atoms with Crippen molar-refractivity contribution < 1.29 is 4.21 Å². The van der Waals surface area contributed by atoms with Gasteiger partial charge in [-0.25, -0.2) is 0 Å². The van der Waals surface area contributed by atoms with Gasteiger partial charge in [0.25, 0.3) is 0 Å². The first kappa shape index (κ1) is 16.4. The second kappa shape index (κ2) is 7.87. The van der Waals surface area contributed by atoms with Crippen LogP contribution in [0.2, 0.25) is 0 Å². The molecular weight excluding hydrogens is 298 g/mol. The molecule has 0 bridgehead atoms. The molecule has 1 aromatic heterocycles. The number of thiophene rings is 1. The van der Waals surface area contributed by atoms with Gasteiger partial charge < -0.3 is 5.32 Å². The van der Waals surface area contributed by atoms with E-state index in [-0.39, 0.29) is 11.3 Å². The van der Waals surface area contributed by atoms with Crippen LogP contribution in [0.25, 0.3) is 0 Å². The number of hydrogen-bond donors (Lipinski definition) is 1. The molecule has 4 heteroatoms. The first-order valence-electron chi connectivity index (χ1n) is 7.43. The third-order valence-electron chi connectivity index (χ3n) is 3.67. The van der Waals surface area contributed by atoms with Crippen molar-refractivity contribution in [3.05, 3.63) is 52.9 Å². The van der Waals surface area contributed by atoms with Crippen molar-refractivity contribution in [3.63, 3.8) is 0 Å². The zero-order valence-corrected chi connectivity index (χ0v) is 14.5. The normalized spacial score (nSPS) is 15.6. The Balaban J connectivity index is 2.22. The molecular formula is C17H23NOS2. The molecule has 1 aromatic carbocycles. The van der Waals surface area contributed by atoms with Crippen LogP contribution < -0.4 is 5.32 Å². The Morgan fingerprint density at radius 3 is 2.43 bits per heavy atom. The standard InChI is InChI=1S/C17H23NOS2/c1-4-14-8-10-15(11-9-14)17(18-5-2)13(3)21(19)16-7-6-12-20-16/h6-13,17-18H,4-5H2,1-3H3. The van der Waals surface area contributed by atoms with Gasteiger partial charge >= 0.3 is 0 Å². The van der Waals surface area contributed by atoms with Crippen LogP contribution in [0.1, 0.15) is 37.9 Å². The van der Waals surface area contributed by atoms with Crippen LogP contribution in [-0.4, -0.2) is 16.0 Å². The molecule has 0 saturated heterocycles. The highest BCUT2D eigenvalue weighted by atomic mass is 32.2. The summed E-state index contributed by atoms with van der Waals surface area (Å²) in [6.07, 6.45) is 1.04. The minimum atomic E-state index is -0.980. The Labute approximate surface area is 134 Å². The quantitative estimate of drug-likeness (QED) is 0.830. The number of aryl methyl sites for hydroxylation is 1. The molecule has 0 aliphatic carbocycles. The first-order chi connectivity index (χ1) is 10.2. The van der Waals surface area contributed by atoms with E-state index in [1.807, 2.05) is 17.5 Å². The van der Waals surface area contributed by atoms with Crippen LogP contribution in [0.4, 0.5) is 0 Å². The van der Waals surface area contributed by atoms with E-state index in [0.29, 0.717) is 0 Å². The van der Waals surface area contributed by atoms with Crippen molar-refractivity contribution >= 4 is 22.1 Å². The maximum Gasteiger partial charge on any atom is 0.0914 e. The highest BCUT2D eigenvalue weighted by molar-refractivity contribution is 7.87.